The largest absolute Gasteiger partial charge is 0.398 e. The van der Waals surface area contributed by atoms with Gasteiger partial charge in [0.1, 0.15) is 0 Å². The van der Waals surface area contributed by atoms with Crippen LogP contribution in [0.4, 0.5) is 5.69 Å². The summed E-state index contributed by atoms with van der Waals surface area (Å²) in [6.07, 6.45) is 0.481. The molecule has 0 spiro atoms. The van der Waals surface area contributed by atoms with Crippen molar-refractivity contribution in [2.24, 2.45) is 0 Å². The number of halogens is 1. The van der Waals surface area contributed by atoms with Gasteiger partial charge in [-0.2, -0.15) is 5.26 Å². The van der Waals surface area contributed by atoms with Crippen molar-refractivity contribution in [1.82, 2.24) is 0 Å². The van der Waals surface area contributed by atoms with Gasteiger partial charge in [-0.3, -0.25) is 0 Å². The molecule has 0 fully saturated rings. The first kappa shape index (κ1) is 9.74. The maximum atomic E-state index is 8.60. The second kappa shape index (κ2) is 3.75. The second-order valence-corrected chi connectivity index (χ2v) is 5.18. The van der Waals surface area contributed by atoms with E-state index in [2.05, 4.69) is 34.7 Å². The Kier molecular flexibility index (Phi) is 2.61. The van der Waals surface area contributed by atoms with Crippen LogP contribution in [0.1, 0.15) is 4.88 Å². The molecule has 1 aromatic carbocycles. The topological polar surface area (TPSA) is 49.8 Å². The van der Waals surface area contributed by atoms with E-state index in [4.69, 9.17) is 11.0 Å². The molecule has 0 atom stereocenters. The second-order valence-electron chi connectivity index (χ2n) is 2.93. The molecule has 2 rings (SSSR count). The number of nitrogens with zero attached hydrogens (tertiary/aromatic N) is 1. The van der Waals surface area contributed by atoms with Gasteiger partial charge in [-0.15, -0.1) is 11.3 Å². The fraction of sp³-hybridized carbons (Fsp3) is 0.100. The summed E-state index contributed by atoms with van der Waals surface area (Å²) >= 11 is 3.91. The van der Waals surface area contributed by atoms with Crippen LogP contribution >= 0.6 is 33.9 Å². The predicted octanol–water partition coefficient (Wildman–Crippen LogP) is 3.15. The van der Waals surface area contributed by atoms with Gasteiger partial charge in [0.25, 0.3) is 0 Å². The monoisotopic (exact) mass is 314 g/mol. The maximum absolute atomic E-state index is 8.60. The number of fused-ring (bicyclic) bond motifs is 1. The molecule has 2 nitrogen and oxygen atoms in total. The van der Waals surface area contributed by atoms with Crippen LogP contribution in [0.5, 0.6) is 0 Å². The molecule has 0 unspecified atom stereocenters. The van der Waals surface area contributed by atoms with Crippen molar-refractivity contribution in [3.05, 3.63) is 26.6 Å². The van der Waals surface area contributed by atoms with Gasteiger partial charge in [0.2, 0.25) is 0 Å². The first-order chi connectivity index (χ1) is 6.72. The lowest BCUT2D eigenvalue weighted by atomic mass is 10.2. The smallest absolute Gasteiger partial charge is 0.0696 e. The fourth-order valence-electron chi connectivity index (χ4n) is 1.31. The Morgan fingerprint density at radius 1 is 1.50 bits per heavy atom. The number of nitriles is 1. The van der Waals surface area contributed by atoms with Crippen LogP contribution in [-0.2, 0) is 6.42 Å². The van der Waals surface area contributed by atoms with E-state index in [1.54, 1.807) is 11.3 Å². The molecule has 2 aromatic rings. The van der Waals surface area contributed by atoms with Gasteiger partial charge in [-0.1, -0.05) is 0 Å². The summed E-state index contributed by atoms with van der Waals surface area (Å²) in [6, 6.07) is 8.14. The van der Waals surface area contributed by atoms with E-state index in [0.717, 1.165) is 14.1 Å². The van der Waals surface area contributed by atoms with Crippen LogP contribution in [0.25, 0.3) is 10.1 Å². The van der Waals surface area contributed by atoms with Crippen molar-refractivity contribution in [3.63, 3.8) is 0 Å². The molecule has 14 heavy (non-hydrogen) atoms. The Hall–Kier alpha value is -0.800. The molecule has 0 amide bonds. The summed E-state index contributed by atoms with van der Waals surface area (Å²) in [5.41, 5.74) is 6.61. The lowest BCUT2D eigenvalue weighted by molar-refractivity contribution is 1.32. The van der Waals surface area contributed by atoms with Crippen LogP contribution in [0.15, 0.2) is 18.2 Å². The quantitative estimate of drug-likeness (QED) is 0.649. The first-order valence-corrected chi connectivity index (χ1v) is 5.95. The van der Waals surface area contributed by atoms with Gasteiger partial charge in [-0.05, 0) is 40.8 Å². The van der Waals surface area contributed by atoms with Crippen LogP contribution in [-0.4, -0.2) is 0 Å². The highest BCUT2D eigenvalue weighted by atomic mass is 127. The molecule has 1 heterocycles. The highest BCUT2D eigenvalue weighted by Crippen LogP contribution is 2.32. The average Bonchev–Trinajstić information content (AvgIpc) is 2.56. The zero-order chi connectivity index (χ0) is 10.1. The van der Waals surface area contributed by atoms with Crippen LogP contribution in [0, 0.1) is 14.9 Å². The number of nitrogens with two attached hydrogens (primary N) is 1. The summed E-state index contributed by atoms with van der Waals surface area (Å²) in [7, 11) is 0. The molecule has 0 aliphatic rings. The van der Waals surface area contributed by atoms with Gasteiger partial charge in [-0.25, -0.2) is 0 Å². The number of benzene rings is 1. The third kappa shape index (κ3) is 1.57. The molecule has 4 heteroatoms. The fourth-order valence-corrected chi connectivity index (χ4v) is 3.12. The number of hydrogen-bond donors (Lipinski definition) is 1. The van der Waals surface area contributed by atoms with Crippen molar-refractivity contribution in [2.45, 2.75) is 6.42 Å². The minimum Gasteiger partial charge on any atom is -0.398 e. The maximum Gasteiger partial charge on any atom is 0.0696 e. The van der Waals surface area contributed by atoms with E-state index < -0.39 is 0 Å². The normalized spacial score (nSPS) is 10.3. The molecule has 0 aliphatic heterocycles. The van der Waals surface area contributed by atoms with Crippen LogP contribution in [0.3, 0.4) is 0 Å². The third-order valence-corrected chi connectivity index (χ3v) is 4.27. The first-order valence-electron chi connectivity index (χ1n) is 4.05. The highest BCUT2D eigenvalue weighted by Gasteiger charge is 2.06. The van der Waals surface area contributed by atoms with Gasteiger partial charge >= 0.3 is 0 Å². The zero-order valence-corrected chi connectivity index (χ0v) is 10.2. The Balaban J connectivity index is 2.66. The zero-order valence-electron chi connectivity index (χ0n) is 7.25. The van der Waals surface area contributed by atoms with E-state index in [9.17, 15) is 0 Å². The summed E-state index contributed by atoms with van der Waals surface area (Å²) in [6.45, 7) is 0. The standard InChI is InChI=1S/C10H7IN2S/c11-10-7-5-6(3-4-12)14-9(7)2-1-8(10)13/h1-2,5H,3,13H2. The Morgan fingerprint density at radius 2 is 2.29 bits per heavy atom. The number of rotatable bonds is 1. The molecule has 70 valence electrons. The Labute approximate surface area is 99.5 Å². The van der Waals surface area contributed by atoms with Gasteiger partial charge in [0.05, 0.1) is 12.5 Å². The number of hydrogen-bond acceptors (Lipinski definition) is 3. The van der Waals surface area contributed by atoms with Gasteiger partial charge in [0, 0.05) is 24.2 Å². The summed E-state index contributed by atoms with van der Waals surface area (Å²) in [4.78, 5) is 1.10. The van der Waals surface area contributed by atoms with Gasteiger partial charge in [0.15, 0.2) is 0 Å². The molecule has 0 bridgehead atoms. The number of nitrogen functional groups attached to an aromatic ring is 1. The average molecular weight is 314 g/mol. The summed E-state index contributed by atoms with van der Waals surface area (Å²) < 4.78 is 2.29. The van der Waals surface area contributed by atoms with Crippen molar-refractivity contribution >= 4 is 49.7 Å². The molecular formula is C10H7IN2S. The van der Waals surface area contributed by atoms with E-state index in [-0.39, 0.29) is 0 Å². The van der Waals surface area contributed by atoms with E-state index in [1.807, 2.05) is 12.1 Å². The minimum absolute atomic E-state index is 0.481. The van der Waals surface area contributed by atoms with Crippen molar-refractivity contribution in [2.75, 3.05) is 5.73 Å². The lowest BCUT2D eigenvalue weighted by Gasteiger charge is -1.97. The number of thiophene rings is 1. The molecular weight excluding hydrogens is 307 g/mol. The number of anilines is 1. The van der Waals surface area contributed by atoms with E-state index in [1.165, 1.54) is 10.1 Å². The Bertz CT molecular complexity index is 525. The van der Waals surface area contributed by atoms with Crippen LogP contribution in [0.2, 0.25) is 0 Å². The van der Waals surface area contributed by atoms with Gasteiger partial charge < -0.3 is 5.73 Å². The molecule has 0 radical (unpaired) electrons. The van der Waals surface area contributed by atoms with E-state index >= 15 is 0 Å². The van der Waals surface area contributed by atoms with Crippen molar-refractivity contribution in [1.29, 1.82) is 5.26 Å². The van der Waals surface area contributed by atoms with Crippen molar-refractivity contribution < 1.29 is 0 Å². The Morgan fingerprint density at radius 3 is 3.00 bits per heavy atom. The highest BCUT2D eigenvalue weighted by molar-refractivity contribution is 14.1. The van der Waals surface area contributed by atoms with Crippen molar-refractivity contribution in [3.8, 4) is 6.07 Å². The third-order valence-electron chi connectivity index (χ3n) is 1.97. The van der Waals surface area contributed by atoms with Crippen LogP contribution < -0.4 is 5.73 Å². The molecule has 2 N–H and O–H groups in total. The lowest BCUT2D eigenvalue weighted by Crippen LogP contribution is -1.87. The summed E-state index contributed by atoms with van der Waals surface area (Å²) in [5, 5.41) is 9.77. The summed E-state index contributed by atoms with van der Waals surface area (Å²) in [5.74, 6) is 0. The predicted molar refractivity (Wildman–Crippen MR) is 68.3 cm³/mol. The molecule has 1 aromatic heterocycles. The SMILES string of the molecule is N#CCc1cc2c(I)c(N)ccc2s1. The van der Waals surface area contributed by atoms with E-state index in [0.29, 0.717) is 6.42 Å². The minimum atomic E-state index is 0.481. The molecule has 0 saturated carbocycles. The molecule has 0 saturated heterocycles. The molecule has 0 aliphatic carbocycles.